The smallest absolute Gasteiger partial charge is 0.180 e. The quantitative estimate of drug-likeness (QED) is 0.240. The van der Waals surface area contributed by atoms with Crippen LogP contribution in [0.25, 0.3) is 0 Å². The van der Waals surface area contributed by atoms with Crippen LogP contribution in [0.2, 0.25) is 0 Å². The normalized spacial score (nSPS) is 11.7. The first kappa shape index (κ1) is 33.4. The molecule has 38 heavy (non-hydrogen) atoms. The summed E-state index contributed by atoms with van der Waals surface area (Å²) in [6, 6.07) is 10.1. The average Bonchev–Trinajstić information content (AvgIpc) is 2.92. The monoisotopic (exact) mass is 529 g/mol. The Bertz CT molecular complexity index is 978. The lowest BCUT2D eigenvalue weighted by molar-refractivity contribution is 0.0988. The lowest BCUT2D eigenvalue weighted by atomic mass is 9.97. The summed E-state index contributed by atoms with van der Waals surface area (Å²) in [6.07, 6.45) is 2.29. The first-order valence-electron chi connectivity index (χ1n) is 13.6. The van der Waals surface area contributed by atoms with Crippen LogP contribution in [0.4, 0.5) is 0 Å². The number of benzene rings is 2. The molecule has 0 aliphatic rings. The van der Waals surface area contributed by atoms with Crippen molar-refractivity contribution in [1.82, 2.24) is 15.1 Å². The fourth-order valence-corrected chi connectivity index (χ4v) is 4.09. The molecule has 2 aromatic rings. The van der Waals surface area contributed by atoms with Crippen molar-refractivity contribution in [2.75, 3.05) is 68.1 Å². The summed E-state index contributed by atoms with van der Waals surface area (Å²) in [7, 11) is 9.48. The van der Waals surface area contributed by atoms with Crippen LogP contribution in [-0.4, -0.2) is 83.7 Å². The van der Waals surface area contributed by atoms with Gasteiger partial charge in [-0.1, -0.05) is 26.0 Å². The first-order chi connectivity index (χ1) is 18.1. The Balaban J connectivity index is 0.000000399. The number of carbonyl (C=O) groups is 1. The molecular weight excluding hydrogens is 478 g/mol. The van der Waals surface area contributed by atoms with Crippen molar-refractivity contribution in [2.45, 2.75) is 53.5 Å². The minimum absolute atomic E-state index is 0.00222. The molecule has 0 saturated carbocycles. The topological polar surface area (TPSA) is 63.3 Å². The second-order valence-electron chi connectivity index (χ2n) is 9.76. The highest BCUT2D eigenvalue weighted by Crippen LogP contribution is 2.31. The van der Waals surface area contributed by atoms with Crippen molar-refractivity contribution in [3.63, 3.8) is 0 Å². The van der Waals surface area contributed by atoms with Crippen molar-refractivity contribution in [3.05, 3.63) is 52.6 Å². The molecule has 0 aliphatic heterocycles. The molecule has 2 rings (SSSR count). The van der Waals surface area contributed by atoms with Crippen LogP contribution in [-0.2, 0) is 0 Å². The number of para-hydroxylation sites is 1. The number of unbranched alkanes of at least 4 members (excludes halogenated alkanes) is 1. The van der Waals surface area contributed by atoms with Crippen LogP contribution in [0.15, 0.2) is 30.3 Å². The highest BCUT2D eigenvalue weighted by atomic mass is 16.5. The number of ketones is 1. The Morgan fingerprint density at radius 1 is 0.947 bits per heavy atom. The van der Waals surface area contributed by atoms with Gasteiger partial charge in [-0.25, -0.2) is 0 Å². The van der Waals surface area contributed by atoms with E-state index < -0.39 is 0 Å². The van der Waals surface area contributed by atoms with E-state index in [1.54, 1.807) is 25.3 Å². The summed E-state index contributed by atoms with van der Waals surface area (Å²) < 4.78 is 16.3. The molecule has 1 unspecified atom stereocenters. The summed E-state index contributed by atoms with van der Waals surface area (Å²) in [5, 5.41) is 2.99. The standard InChI is InChI=1S/C19H34N2O.C12H17NO3/c1-8-21(7)17(4)18-11-12-19(16(3)15(18)2)22-14-10-9-13-20(5)6;1-4-13-8-10(14)9-6-5-7-11(15-2)12(9)16-3/h11-12,17H,8-10,13-14H2,1-7H3;5-7,13H,4,8H2,1-3H3. The van der Waals surface area contributed by atoms with Crippen molar-refractivity contribution in [1.29, 1.82) is 0 Å². The largest absolute Gasteiger partial charge is 0.493 e. The van der Waals surface area contributed by atoms with Gasteiger partial charge in [0.05, 0.1) is 32.9 Å². The number of Topliss-reactive ketones (excluding diaryl/α,β-unsaturated/α-hetero) is 1. The van der Waals surface area contributed by atoms with Gasteiger partial charge < -0.3 is 24.4 Å². The minimum Gasteiger partial charge on any atom is -0.493 e. The Hall–Kier alpha value is -2.61. The van der Waals surface area contributed by atoms with E-state index in [2.05, 4.69) is 76.1 Å². The highest BCUT2D eigenvalue weighted by molar-refractivity contribution is 6.00. The highest BCUT2D eigenvalue weighted by Gasteiger charge is 2.16. The molecule has 7 heteroatoms. The summed E-state index contributed by atoms with van der Waals surface area (Å²) in [6.45, 7) is 14.9. The van der Waals surface area contributed by atoms with Gasteiger partial charge in [-0.15, -0.1) is 0 Å². The van der Waals surface area contributed by atoms with Gasteiger partial charge in [-0.05, 0) is 109 Å². The number of carbonyl (C=O) groups excluding carboxylic acids is 1. The minimum atomic E-state index is -0.00222. The summed E-state index contributed by atoms with van der Waals surface area (Å²) in [4.78, 5) is 16.4. The van der Waals surface area contributed by atoms with E-state index in [4.69, 9.17) is 14.2 Å². The fraction of sp³-hybridized carbons (Fsp3) is 0.581. The molecule has 0 bridgehead atoms. The molecule has 1 N–H and O–H groups in total. The second kappa shape index (κ2) is 17.8. The Labute approximate surface area is 231 Å². The predicted molar refractivity (Wildman–Crippen MR) is 158 cm³/mol. The van der Waals surface area contributed by atoms with E-state index in [9.17, 15) is 4.79 Å². The van der Waals surface area contributed by atoms with Crippen molar-refractivity contribution < 1.29 is 19.0 Å². The lowest BCUT2D eigenvalue weighted by Gasteiger charge is -2.26. The third-order valence-electron chi connectivity index (χ3n) is 6.89. The van der Waals surface area contributed by atoms with Crippen LogP contribution in [0.3, 0.4) is 0 Å². The van der Waals surface area contributed by atoms with Crippen molar-refractivity contribution in [2.24, 2.45) is 0 Å². The van der Waals surface area contributed by atoms with E-state index in [-0.39, 0.29) is 5.78 Å². The van der Waals surface area contributed by atoms with Gasteiger partial charge in [0.15, 0.2) is 17.3 Å². The molecule has 214 valence electrons. The molecule has 0 spiro atoms. The van der Waals surface area contributed by atoms with Gasteiger partial charge in [-0.3, -0.25) is 9.69 Å². The van der Waals surface area contributed by atoms with E-state index in [0.717, 1.165) is 38.4 Å². The molecule has 7 nitrogen and oxygen atoms in total. The number of rotatable bonds is 15. The third kappa shape index (κ3) is 10.3. The zero-order chi connectivity index (χ0) is 28.7. The number of nitrogens with zero attached hydrogens (tertiary/aromatic N) is 2. The fourth-order valence-electron chi connectivity index (χ4n) is 4.09. The maximum Gasteiger partial charge on any atom is 0.180 e. The second-order valence-corrected chi connectivity index (χ2v) is 9.76. The molecule has 0 fully saturated rings. The molecule has 0 aromatic heterocycles. The number of ether oxygens (including phenoxy) is 3. The predicted octanol–water partition coefficient (Wildman–Crippen LogP) is 5.53. The van der Waals surface area contributed by atoms with Crippen LogP contribution in [0.5, 0.6) is 17.2 Å². The molecule has 1 atom stereocenters. The Morgan fingerprint density at radius 2 is 1.66 bits per heavy atom. The molecule has 0 heterocycles. The van der Waals surface area contributed by atoms with Crippen LogP contribution in [0, 0.1) is 13.8 Å². The number of hydrogen-bond donors (Lipinski definition) is 1. The van der Waals surface area contributed by atoms with Gasteiger partial charge in [-0.2, -0.15) is 0 Å². The zero-order valence-electron chi connectivity index (χ0n) is 25.4. The van der Waals surface area contributed by atoms with Gasteiger partial charge >= 0.3 is 0 Å². The van der Waals surface area contributed by atoms with Crippen LogP contribution < -0.4 is 19.5 Å². The van der Waals surface area contributed by atoms with E-state index in [0.29, 0.717) is 29.6 Å². The molecule has 0 amide bonds. The summed E-state index contributed by atoms with van der Waals surface area (Å²) >= 11 is 0. The van der Waals surface area contributed by atoms with Gasteiger partial charge in [0.2, 0.25) is 0 Å². The summed E-state index contributed by atoms with van der Waals surface area (Å²) in [5.41, 5.74) is 4.59. The molecule has 0 radical (unpaired) electrons. The summed E-state index contributed by atoms with van der Waals surface area (Å²) in [5.74, 6) is 2.10. The maximum atomic E-state index is 11.9. The maximum absolute atomic E-state index is 11.9. The number of likely N-dealkylation sites (N-methyl/N-ethyl adjacent to an activating group) is 1. The van der Waals surface area contributed by atoms with Crippen molar-refractivity contribution >= 4 is 5.78 Å². The van der Waals surface area contributed by atoms with E-state index in [1.165, 1.54) is 30.2 Å². The molecular formula is C31H51N3O4. The Morgan fingerprint density at radius 3 is 2.24 bits per heavy atom. The van der Waals surface area contributed by atoms with Crippen LogP contribution >= 0.6 is 0 Å². The van der Waals surface area contributed by atoms with Crippen molar-refractivity contribution in [3.8, 4) is 17.2 Å². The molecule has 2 aromatic carbocycles. The van der Waals surface area contributed by atoms with E-state index >= 15 is 0 Å². The lowest BCUT2D eigenvalue weighted by Crippen LogP contribution is -2.22. The Kier molecular flexibility index (Phi) is 15.7. The number of hydrogen-bond acceptors (Lipinski definition) is 7. The zero-order valence-corrected chi connectivity index (χ0v) is 25.4. The number of methoxy groups -OCH3 is 2. The van der Waals surface area contributed by atoms with Gasteiger partial charge in [0.1, 0.15) is 5.75 Å². The number of nitrogens with one attached hydrogen (secondary N) is 1. The SMILES string of the molecule is CCN(C)C(C)c1ccc(OCCCCN(C)C)c(C)c1C.CCNCC(=O)c1cccc(OC)c1OC. The molecule has 0 saturated heterocycles. The van der Waals surface area contributed by atoms with Crippen LogP contribution in [0.1, 0.15) is 66.7 Å². The average molecular weight is 530 g/mol. The van der Waals surface area contributed by atoms with E-state index in [1.807, 2.05) is 6.92 Å². The first-order valence-corrected chi connectivity index (χ1v) is 13.6. The van der Waals surface area contributed by atoms with Gasteiger partial charge in [0, 0.05) is 6.04 Å². The third-order valence-corrected chi connectivity index (χ3v) is 6.89. The molecule has 0 aliphatic carbocycles. The van der Waals surface area contributed by atoms with Gasteiger partial charge in [0.25, 0.3) is 0 Å².